The van der Waals surface area contributed by atoms with Gasteiger partial charge in [0.05, 0.1) is 22.4 Å². The highest BCUT2D eigenvalue weighted by molar-refractivity contribution is 7.12. The van der Waals surface area contributed by atoms with E-state index < -0.39 is 0 Å². The first-order valence-corrected chi connectivity index (χ1v) is 9.80. The smallest absolute Gasteiger partial charge is 0.161 e. The van der Waals surface area contributed by atoms with Gasteiger partial charge in [0.1, 0.15) is 0 Å². The van der Waals surface area contributed by atoms with Crippen molar-refractivity contribution in [3.63, 3.8) is 0 Å². The predicted molar refractivity (Wildman–Crippen MR) is 107 cm³/mol. The third-order valence-corrected chi connectivity index (χ3v) is 5.98. The molecule has 1 aliphatic heterocycles. The van der Waals surface area contributed by atoms with Gasteiger partial charge in [0, 0.05) is 33.8 Å². The van der Waals surface area contributed by atoms with Gasteiger partial charge in [-0.25, -0.2) is 0 Å². The number of allylic oxidation sites excluding steroid dienone is 4. The molecule has 27 heavy (non-hydrogen) atoms. The molecule has 2 aliphatic rings. The highest BCUT2D eigenvalue weighted by atomic mass is 32.1. The Morgan fingerprint density at radius 2 is 1.93 bits per heavy atom. The Bertz CT molecular complexity index is 1070. The van der Waals surface area contributed by atoms with Crippen molar-refractivity contribution in [3.8, 4) is 17.9 Å². The van der Waals surface area contributed by atoms with E-state index >= 15 is 0 Å². The monoisotopic (exact) mass is 370 g/mol. The number of benzene rings is 1. The molecule has 132 valence electrons. The fraction of sp³-hybridized carbons (Fsp3) is 0.217. The Balaban J connectivity index is 1.73. The fourth-order valence-corrected chi connectivity index (χ4v) is 4.63. The van der Waals surface area contributed by atoms with Crippen molar-refractivity contribution >= 4 is 17.1 Å². The summed E-state index contributed by atoms with van der Waals surface area (Å²) in [6.07, 6.45) is 2.28. The average Bonchev–Trinajstić information content (AvgIpc) is 3.15. The van der Waals surface area contributed by atoms with Gasteiger partial charge in [-0.05, 0) is 44.0 Å². The molecule has 0 amide bonds. The lowest BCUT2D eigenvalue weighted by Gasteiger charge is -2.31. The van der Waals surface area contributed by atoms with Crippen LogP contribution in [-0.2, 0) is 4.79 Å². The van der Waals surface area contributed by atoms with Gasteiger partial charge in [0.15, 0.2) is 5.78 Å². The molecule has 0 saturated carbocycles. The summed E-state index contributed by atoms with van der Waals surface area (Å²) in [6, 6.07) is 16.2. The van der Waals surface area contributed by atoms with Crippen molar-refractivity contribution in [1.29, 1.82) is 5.26 Å². The fourth-order valence-electron chi connectivity index (χ4n) is 3.65. The van der Waals surface area contributed by atoms with Gasteiger partial charge < -0.3 is 5.32 Å². The molecule has 0 radical (unpaired) electrons. The number of hydrogen-bond donors (Lipinski definition) is 1. The van der Waals surface area contributed by atoms with Gasteiger partial charge in [0.25, 0.3) is 0 Å². The molecule has 0 saturated heterocycles. The molecule has 4 heteroatoms. The second-order valence-electron chi connectivity index (χ2n) is 6.70. The standard InChI is InChI=1S/C23H18N2OS/c1-15-18(14-24)22(23-19(25-15)8-5-9-20(23)26)21-13-12-17(27-21)11-10-16-6-3-2-4-7-16/h2-4,6-7,12-13,22,25H,5,8-9H2,1H3/t22-/m1/s1. The topological polar surface area (TPSA) is 52.9 Å². The van der Waals surface area contributed by atoms with Gasteiger partial charge in [-0.3, -0.25) is 4.79 Å². The Kier molecular flexibility index (Phi) is 4.67. The summed E-state index contributed by atoms with van der Waals surface area (Å²) in [4.78, 5) is 14.6. The summed E-state index contributed by atoms with van der Waals surface area (Å²) < 4.78 is 0. The SMILES string of the molecule is CC1=C(C#N)[C@H](c2ccc(C#Cc3ccccc3)s2)C2=C(CCCC2=O)N1. The number of hydrogen-bond acceptors (Lipinski definition) is 4. The van der Waals surface area contributed by atoms with E-state index in [0.29, 0.717) is 12.0 Å². The minimum absolute atomic E-state index is 0.152. The van der Waals surface area contributed by atoms with E-state index in [1.807, 2.05) is 49.4 Å². The minimum atomic E-state index is -0.267. The molecule has 1 aliphatic carbocycles. The van der Waals surface area contributed by atoms with Crippen LogP contribution in [0.4, 0.5) is 0 Å². The second kappa shape index (κ2) is 7.27. The number of nitrogens with zero attached hydrogens (tertiary/aromatic N) is 1. The number of rotatable bonds is 1. The molecule has 2 heterocycles. The first-order valence-electron chi connectivity index (χ1n) is 8.98. The third kappa shape index (κ3) is 3.33. The number of Topliss-reactive ketones (excluding diaryl/α,β-unsaturated/α-hetero) is 1. The quantitative estimate of drug-likeness (QED) is 0.744. The highest BCUT2D eigenvalue weighted by Crippen LogP contribution is 2.43. The first kappa shape index (κ1) is 17.3. The molecule has 1 aromatic heterocycles. The summed E-state index contributed by atoms with van der Waals surface area (Å²) in [6.45, 7) is 1.91. The molecule has 2 aromatic rings. The number of dihydropyridines is 1. The van der Waals surface area contributed by atoms with Gasteiger partial charge in [-0.1, -0.05) is 30.0 Å². The molecule has 0 fully saturated rings. The van der Waals surface area contributed by atoms with Crippen LogP contribution in [0.5, 0.6) is 0 Å². The zero-order valence-corrected chi connectivity index (χ0v) is 15.8. The van der Waals surface area contributed by atoms with Crippen molar-refractivity contribution < 1.29 is 4.79 Å². The van der Waals surface area contributed by atoms with Gasteiger partial charge in [0.2, 0.25) is 0 Å². The van der Waals surface area contributed by atoms with Crippen LogP contribution in [-0.4, -0.2) is 5.78 Å². The van der Waals surface area contributed by atoms with Crippen molar-refractivity contribution in [2.45, 2.75) is 32.1 Å². The predicted octanol–water partition coefficient (Wildman–Crippen LogP) is 4.64. The maximum atomic E-state index is 12.6. The van der Waals surface area contributed by atoms with E-state index in [4.69, 9.17) is 0 Å². The number of carbonyl (C=O) groups is 1. The van der Waals surface area contributed by atoms with Crippen molar-refractivity contribution in [2.24, 2.45) is 0 Å². The Morgan fingerprint density at radius 3 is 2.70 bits per heavy atom. The molecular formula is C23H18N2OS. The summed E-state index contributed by atoms with van der Waals surface area (Å²) in [5.41, 5.74) is 4.20. The number of nitriles is 1. The van der Waals surface area contributed by atoms with Crippen LogP contribution in [0, 0.1) is 23.2 Å². The van der Waals surface area contributed by atoms with Crippen LogP contribution in [0.1, 0.15) is 47.4 Å². The molecule has 1 aromatic carbocycles. The van der Waals surface area contributed by atoms with E-state index in [-0.39, 0.29) is 11.7 Å². The lowest BCUT2D eigenvalue weighted by atomic mass is 9.78. The van der Waals surface area contributed by atoms with Gasteiger partial charge >= 0.3 is 0 Å². The zero-order chi connectivity index (χ0) is 18.8. The molecule has 4 rings (SSSR count). The summed E-state index contributed by atoms with van der Waals surface area (Å²) in [7, 11) is 0. The second-order valence-corrected chi connectivity index (χ2v) is 7.81. The van der Waals surface area contributed by atoms with Crippen LogP contribution in [0.25, 0.3) is 0 Å². The number of carbonyl (C=O) groups excluding carboxylic acids is 1. The van der Waals surface area contributed by atoms with E-state index in [2.05, 4.69) is 23.2 Å². The van der Waals surface area contributed by atoms with Crippen molar-refractivity contribution in [2.75, 3.05) is 0 Å². The molecule has 0 spiro atoms. The molecule has 1 atom stereocenters. The zero-order valence-electron chi connectivity index (χ0n) is 15.0. The van der Waals surface area contributed by atoms with Gasteiger partial charge in [-0.15, -0.1) is 11.3 Å². The summed E-state index contributed by atoms with van der Waals surface area (Å²) >= 11 is 1.56. The lowest BCUT2D eigenvalue weighted by molar-refractivity contribution is -0.116. The Labute approximate surface area is 163 Å². The molecule has 0 unspecified atom stereocenters. The average molecular weight is 370 g/mol. The van der Waals surface area contributed by atoms with E-state index in [0.717, 1.165) is 45.1 Å². The third-order valence-electron chi connectivity index (χ3n) is 4.91. The molecule has 0 bridgehead atoms. The van der Waals surface area contributed by atoms with Crippen molar-refractivity contribution in [1.82, 2.24) is 5.32 Å². The molecule has 3 nitrogen and oxygen atoms in total. The number of nitrogens with one attached hydrogen (secondary N) is 1. The maximum Gasteiger partial charge on any atom is 0.161 e. The van der Waals surface area contributed by atoms with E-state index in [1.165, 1.54) is 0 Å². The van der Waals surface area contributed by atoms with Crippen LogP contribution in [0.3, 0.4) is 0 Å². The molecule has 1 N–H and O–H groups in total. The van der Waals surface area contributed by atoms with E-state index in [9.17, 15) is 10.1 Å². The maximum absolute atomic E-state index is 12.6. The van der Waals surface area contributed by atoms with Crippen LogP contribution >= 0.6 is 11.3 Å². The Morgan fingerprint density at radius 1 is 1.11 bits per heavy atom. The van der Waals surface area contributed by atoms with Crippen LogP contribution in [0.15, 0.2) is 65.0 Å². The lowest BCUT2D eigenvalue weighted by Crippen LogP contribution is -2.30. The van der Waals surface area contributed by atoms with Gasteiger partial charge in [-0.2, -0.15) is 5.26 Å². The minimum Gasteiger partial charge on any atom is -0.361 e. The largest absolute Gasteiger partial charge is 0.361 e. The Hall–Kier alpha value is -3.08. The normalized spacial score (nSPS) is 19.0. The summed E-state index contributed by atoms with van der Waals surface area (Å²) in [5, 5.41) is 13.0. The van der Waals surface area contributed by atoms with Crippen LogP contribution < -0.4 is 5.32 Å². The van der Waals surface area contributed by atoms with Crippen LogP contribution in [0.2, 0.25) is 0 Å². The highest BCUT2D eigenvalue weighted by Gasteiger charge is 2.36. The number of ketones is 1. The van der Waals surface area contributed by atoms with E-state index in [1.54, 1.807) is 11.3 Å². The van der Waals surface area contributed by atoms with Crippen molar-refractivity contribution in [3.05, 3.63) is 80.3 Å². The summed E-state index contributed by atoms with van der Waals surface area (Å²) in [5.74, 6) is 6.25. The molecular weight excluding hydrogens is 352 g/mol. The number of thiophene rings is 1. The first-order chi connectivity index (χ1) is 13.2.